The Morgan fingerprint density at radius 3 is 2.43 bits per heavy atom. The van der Waals surface area contributed by atoms with Gasteiger partial charge in [0.1, 0.15) is 6.54 Å². The van der Waals surface area contributed by atoms with Crippen LogP contribution in [-0.2, 0) is 14.8 Å². The van der Waals surface area contributed by atoms with E-state index in [2.05, 4.69) is 0 Å². The second kappa shape index (κ2) is 6.88. The molecule has 9 heteroatoms. The van der Waals surface area contributed by atoms with Gasteiger partial charge in [0, 0.05) is 17.1 Å². The van der Waals surface area contributed by atoms with Crippen LogP contribution >= 0.6 is 11.6 Å². The Labute approximate surface area is 127 Å². The third-order valence-corrected chi connectivity index (χ3v) is 4.62. The van der Waals surface area contributed by atoms with E-state index in [0.29, 0.717) is 6.42 Å². The SMILES string of the molecule is CCCN(CC(=O)O)S(=O)(=O)c1cc(Cl)cc(C(N)=O)c1. The fourth-order valence-corrected chi connectivity index (χ4v) is 3.54. The Bertz CT molecular complexity index is 660. The van der Waals surface area contributed by atoms with E-state index >= 15 is 0 Å². The topological polar surface area (TPSA) is 118 Å². The van der Waals surface area contributed by atoms with Crippen molar-refractivity contribution in [1.82, 2.24) is 4.31 Å². The maximum Gasteiger partial charge on any atom is 0.318 e. The molecule has 0 fully saturated rings. The molecule has 0 aliphatic rings. The van der Waals surface area contributed by atoms with Crippen LogP contribution in [0.4, 0.5) is 0 Å². The van der Waals surface area contributed by atoms with Gasteiger partial charge in [-0.3, -0.25) is 9.59 Å². The van der Waals surface area contributed by atoms with Crippen molar-refractivity contribution in [2.24, 2.45) is 5.73 Å². The highest BCUT2D eigenvalue weighted by molar-refractivity contribution is 7.89. The van der Waals surface area contributed by atoms with Crippen molar-refractivity contribution in [3.05, 3.63) is 28.8 Å². The molecule has 0 aliphatic heterocycles. The van der Waals surface area contributed by atoms with E-state index in [4.69, 9.17) is 22.4 Å². The van der Waals surface area contributed by atoms with E-state index in [1.807, 2.05) is 0 Å². The predicted molar refractivity (Wildman–Crippen MR) is 76.7 cm³/mol. The molecule has 0 aromatic heterocycles. The van der Waals surface area contributed by atoms with Crippen molar-refractivity contribution in [2.45, 2.75) is 18.2 Å². The average molecular weight is 335 g/mol. The molecule has 1 aromatic carbocycles. The minimum absolute atomic E-state index is 0.0247. The third kappa shape index (κ3) is 4.42. The lowest BCUT2D eigenvalue weighted by molar-refractivity contribution is -0.137. The van der Waals surface area contributed by atoms with Gasteiger partial charge in [0.25, 0.3) is 0 Å². The van der Waals surface area contributed by atoms with Gasteiger partial charge in [0.2, 0.25) is 15.9 Å². The van der Waals surface area contributed by atoms with Gasteiger partial charge < -0.3 is 10.8 Å². The molecule has 0 unspecified atom stereocenters. The van der Waals surface area contributed by atoms with Crippen LogP contribution in [0.5, 0.6) is 0 Å². The lowest BCUT2D eigenvalue weighted by Gasteiger charge is -2.20. The van der Waals surface area contributed by atoms with Gasteiger partial charge in [0.05, 0.1) is 4.90 Å². The van der Waals surface area contributed by atoms with Crippen molar-refractivity contribution in [1.29, 1.82) is 0 Å². The smallest absolute Gasteiger partial charge is 0.318 e. The summed E-state index contributed by atoms with van der Waals surface area (Å²) in [7, 11) is -4.08. The van der Waals surface area contributed by atoms with E-state index < -0.39 is 28.4 Å². The maximum absolute atomic E-state index is 12.4. The molecular weight excluding hydrogens is 320 g/mol. The highest BCUT2D eigenvalue weighted by atomic mass is 35.5. The maximum atomic E-state index is 12.4. The van der Waals surface area contributed by atoms with Gasteiger partial charge in [0.15, 0.2) is 0 Å². The number of rotatable bonds is 7. The van der Waals surface area contributed by atoms with Crippen LogP contribution in [-0.4, -0.2) is 42.8 Å². The number of aliphatic carboxylic acids is 1. The molecule has 1 aromatic rings. The molecule has 0 heterocycles. The average Bonchev–Trinajstić information content (AvgIpc) is 2.36. The van der Waals surface area contributed by atoms with Crippen LogP contribution in [0.25, 0.3) is 0 Å². The zero-order valence-electron chi connectivity index (χ0n) is 11.2. The summed E-state index contributed by atoms with van der Waals surface area (Å²) in [5, 5.41) is 8.84. The van der Waals surface area contributed by atoms with Crippen molar-refractivity contribution in [3.8, 4) is 0 Å². The van der Waals surface area contributed by atoms with Crippen LogP contribution < -0.4 is 5.73 Å². The first-order valence-corrected chi connectivity index (χ1v) is 7.82. The molecule has 0 atom stereocenters. The van der Waals surface area contributed by atoms with Crippen LogP contribution in [0.1, 0.15) is 23.7 Å². The number of hydrogen-bond acceptors (Lipinski definition) is 4. The molecule has 1 rings (SSSR count). The summed E-state index contributed by atoms with van der Waals surface area (Å²) in [6.07, 6.45) is 0.440. The van der Waals surface area contributed by atoms with Gasteiger partial charge in [-0.25, -0.2) is 8.42 Å². The Kier molecular flexibility index (Phi) is 5.70. The van der Waals surface area contributed by atoms with Crippen molar-refractivity contribution < 1.29 is 23.1 Å². The first-order chi connectivity index (χ1) is 9.68. The molecule has 7 nitrogen and oxygen atoms in total. The summed E-state index contributed by atoms with van der Waals surface area (Å²) in [6, 6.07) is 3.46. The van der Waals surface area contributed by atoms with E-state index in [1.165, 1.54) is 6.07 Å². The fourth-order valence-electron chi connectivity index (χ4n) is 1.69. The Balaban J connectivity index is 3.33. The van der Waals surface area contributed by atoms with E-state index in [1.54, 1.807) is 6.92 Å². The number of primary amides is 1. The zero-order chi connectivity index (χ0) is 16.2. The molecule has 21 heavy (non-hydrogen) atoms. The molecule has 116 valence electrons. The Morgan fingerprint density at radius 2 is 1.95 bits per heavy atom. The van der Waals surface area contributed by atoms with Crippen LogP contribution in [0, 0.1) is 0 Å². The number of hydrogen-bond donors (Lipinski definition) is 2. The summed E-state index contributed by atoms with van der Waals surface area (Å²) >= 11 is 5.78. The molecule has 0 saturated heterocycles. The number of carboxylic acids is 1. The zero-order valence-corrected chi connectivity index (χ0v) is 12.8. The summed E-state index contributed by atoms with van der Waals surface area (Å²) < 4.78 is 25.7. The van der Waals surface area contributed by atoms with Crippen LogP contribution in [0.15, 0.2) is 23.1 Å². The minimum Gasteiger partial charge on any atom is -0.480 e. The number of amides is 1. The quantitative estimate of drug-likeness (QED) is 0.768. The van der Waals surface area contributed by atoms with E-state index in [-0.39, 0.29) is 22.0 Å². The van der Waals surface area contributed by atoms with Crippen molar-refractivity contribution in [3.63, 3.8) is 0 Å². The van der Waals surface area contributed by atoms with E-state index in [0.717, 1.165) is 16.4 Å². The van der Waals surface area contributed by atoms with E-state index in [9.17, 15) is 18.0 Å². The Hall–Kier alpha value is -1.64. The first-order valence-electron chi connectivity index (χ1n) is 6.00. The van der Waals surface area contributed by atoms with Gasteiger partial charge >= 0.3 is 5.97 Å². The third-order valence-electron chi connectivity index (χ3n) is 2.58. The second-order valence-electron chi connectivity index (χ2n) is 4.27. The van der Waals surface area contributed by atoms with Gasteiger partial charge in [-0.15, -0.1) is 0 Å². The monoisotopic (exact) mass is 334 g/mol. The minimum atomic E-state index is -4.08. The highest BCUT2D eigenvalue weighted by Crippen LogP contribution is 2.22. The number of nitrogens with zero attached hydrogens (tertiary/aromatic N) is 1. The number of carbonyl (C=O) groups is 2. The highest BCUT2D eigenvalue weighted by Gasteiger charge is 2.27. The molecule has 0 spiro atoms. The van der Waals surface area contributed by atoms with Gasteiger partial charge in [-0.05, 0) is 24.6 Å². The standard InChI is InChI=1S/C12H15ClN2O5S/c1-2-3-15(7-11(16)17)21(19,20)10-5-8(12(14)18)4-9(13)6-10/h4-6H,2-3,7H2,1H3,(H2,14,18)(H,16,17). The van der Waals surface area contributed by atoms with Gasteiger partial charge in [-0.1, -0.05) is 18.5 Å². The van der Waals surface area contributed by atoms with Gasteiger partial charge in [-0.2, -0.15) is 4.31 Å². The summed E-state index contributed by atoms with van der Waals surface area (Å²) in [4.78, 5) is 21.7. The predicted octanol–water partition coefficient (Wildman–Crippen LogP) is 0.924. The van der Waals surface area contributed by atoms with Crippen molar-refractivity contribution >= 4 is 33.5 Å². The van der Waals surface area contributed by atoms with Crippen LogP contribution in [0.3, 0.4) is 0 Å². The Morgan fingerprint density at radius 1 is 1.33 bits per heavy atom. The molecule has 0 saturated carbocycles. The molecule has 0 bridgehead atoms. The molecule has 1 amide bonds. The fraction of sp³-hybridized carbons (Fsp3) is 0.333. The number of halogens is 1. The lowest BCUT2D eigenvalue weighted by atomic mass is 10.2. The number of carbonyl (C=O) groups excluding carboxylic acids is 1. The number of nitrogens with two attached hydrogens (primary N) is 1. The number of benzene rings is 1. The summed E-state index contributed by atoms with van der Waals surface area (Å²) in [5.41, 5.74) is 5.05. The molecule has 0 aliphatic carbocycles. The molecular formula is C12H15ClN2O5S. The van der Waals surface area contributed by atoms with Crippen LogP contribution in [0.2, 0.25) is 5.02 Å². The number of sulfonamides is 1. The normalized spacial score (nSPS) is 11.6. The first kappa shape index (κ1) is 17.4. The lowest BCUT2D eigenvalue weighted by Crippen LogP contribution is -2.36. The van der Waals surface area contributed by atoms with Crippen molar-refractivity contribution in [2.75, 3.05) is 13.1 Å². The molecule has 3 N–H and O–H groups in total. The summed E-state index contributed by atoms with van der Waals surface area (Å²) in [5.74, 6) is -2.10. The number of carboxylic acid groups (broad SMARTS) is 1. The molecule has 0 radical (unpaired) electrons. The second-order valence-corrected chi connectivity index (χ2v) is 6.65. The summed E-state index contributed by atoms with van der Waals surface area (Å²) in [6.45, 7) is 1.08. The largest absolute Gasteiger partial charge is 0.480 e.